The lowest BCUT2D eigenvalue weighted by Gasteiger charge is -2.38. The van der Waals surface area contributed by atoms with Crippen molar-refractivity contribution in [3.8, 4) is 0 Å². The summed E-state index contributed by atoms with van der Waals surface area (Å²) in [5.41, 5.74) is -1.91. The molecule has 0 aromatic heterocycles. The molecule has 1 amide bonds. The van der Waals surface area contributed by atoms with Gasteiger partial charge < -0.3 is 24.3 Å². The summed E-state index contributed by atoms with van der Waals surface area (Å²) in [5.74, 6) is -3.22. The summed E-state index contributed by atoms with van der Waals surface area (Å²) in [4.78, 5) is 36.6. The van der Waals surface area contributed by atoms with Crippen molar-refractivity contribution in [3.63, 3.8) is 0 Å². The van der Waals surface area contributed by atoms with Gasteiger partial charge >= 0.3 is 11.9 Å². The number of nitrogens with one attached hydrogen (secondary N) is 1. The van der Waals surface area contributed by atoms with Crippen LogP contribution in [-0.4, -0.2) is 55.6 Å². The summed E-state index contributed by atoms with van der Waals surface area (Å²) in [7, 11) is 0. The van der Waals surface area contributed by atoms with Gasteiger partial charge in [-0.25, -0.2) is 9.59 Å². The number of hydrogen-bond acceptors (Lipinski definition) is 7. The molecule has 0 aromatic rings. The number of ether oxygens (including phenoxy) is 4. The van der Waals surface area contributed by atoms with E-state index >= 15 is 0 Å². The van der Waals surface area contributed by atoms with E-state index in [1.54, 1.807) is 27.7 Å². The van der Waals surface area contributed by atoms with E-state index in [1.807, 2.05) is 0 Å². The van der Waals surface area contributed by atoms with Crippen LogP contribution >= 0.6 is 0 Å². The first-order valence-electron chi connectivity index (χ1n) is 8.08. The molecule has 1 aliphatic rings. The van der Waals surface area contributed by atoms with Gasteiger partial charge in [0.1, 0.15) is 0 Å². The Hall–Kier alpha value is -1.67. The lowest BCUT2D eigenvalue weighted by atomic mass is 9.86. The van der Waals surface area contributed by atoms with E-state index in [0.717, 1.165) is 0 Å². The summed E-state index contributed by atoms with van der Waals surface area (Å²) in [6.07, 6.45) is -0.0275. The fourth-order valence-corrected chi connectivity index (χ4v) is 2.49. The summed E-state index contributed by atoms with van der Waals surface area (Å²) in [6.45, 7) is 8.74. The Labute approximate surface area is 142 Å². The molecular weight excluding hydrogens is 318 g/mol. The van der Waals surface area contributed by atoms with Crippen LogP contribution in [0.4, 0.5) is 0 Å². The molecule has 0 bridgehead atoms. The minimum atomic E-state index is -1.91. The van der Waals surface area contributed by atoms with E-state index in [2.05, 4.69) is 5.32 Å². The van der Waals surface area contributed by atoms with Crippen LogP contribution in [0.25, 0.3) is 0 Å². The molecule has 1 rings (SSSR count). The molecule has 0 spiro atoms. The average molecular weight is 345 g/mol. The maximum atomic E-state index is 12.5. The molecule has 24 heavy (non-hydrogen) atoms. The molecule has 0 aromatic carbocycles. The van der Waals surface area contributed by atoms with Crippen molar-refractivity contribution in [1.29, 1.82) is 0 Å². The molecule has 0 unspecified atom stereocenters. The van der Waals surface area contributed by atoms with Gasteiger partial charge in [-0.1, -0.05) is 0 Å². The maximum Gasteiger partial charge on any atom is 0.343 e. The van der Waals surface area contributed by atoms with E-state index in [1.165, 1.54) is 6.92 Å². The van der Waals surface area contributed by atoms with Crippen LogP contribution in [0.15, 0.2) is 0 Å². The number of esters is 2. The zero-order valence-electron chi connectivity index (χ0n) is 15.0. The minimum Gasteiger partial charge on any atom is -0.464 e. The first kappa shape index (κ1) is 20.4. The van der Waals surface area contributed by atoms with Crippen molar-refractivity contribution >= 4 is 17.8 Å². The molecule has 1 heterocycles. The van der Waals surface area contributed by atoms with Gasteiger partial charge in [0.2, 0.25) is 11.4 Å². The molecule has 0 aliphatic carbocycles. The molecule has 0 saturated carbocycles. The van der Waals surface area contributed by atoms with E-state index in [4.69, 9.17) is 18.9 Å². The van der Waals surface area contributed by atoms with Crippen molar-refractivity contribution in [1.82, 2.24) is 5.32 Å². The molecular formula is C16H27NO7. The fraction of sp³-hybridized carbons (Fsp3) is 0.812. The van der Waals surface area contributed by atoms with Gasteiger partial charge in [0.05, 0.1) is 26.4 Å². The number of hydrogen-bond donors (Lipinski definition) is 1. The first-order chi connectivity index (χ1) is 11.2. The molecule has 1 N–H and O–H groups in total. The molecule has 0 radical (unpaired) electrons. The summed E-state index contributed by atoms with van der Waals surface area (Å²) < 4.78 is 21.2. The normalized spacial score (nSPS) is 17.9. The molecule has 8 nitrogen and oxygen atoms in total. The third kappa shape index (κ3) is 5.17. The lowest BCUT2D eigenvalue weighted by Crippen LogP contribution is -2.62. The van der Waals surface area contributed by atoms with Crippen molar-refractivity contribution in [2.75, 3.05) is 26.4 Å². The lowest BCUT2D eigenvalue weighted by molar-refractivity contribution is -0.264. The van der Waals surface area contributed by atoms with E-state index < -0.39 is 29.2 Å². The summed E-state index contributed by atoms with van der Waals surface area (Å²) >= 11 is 0. The van der Waals surface area contributed by atoms with E-state index in [0.29, 0.717) is 0 Å². The van der Waals surface area contributed by atoms with Gasteiger partial charge in [0.15, 0.2) is 5.79 Å². The van der Waals surface area contributed by atoms with Crippen LogP contribution in [0.1, 0.15) is 41.0 Å². The third-order valence-corrected chi connectivity index (χ3v) is 3.57. The predicted octanol–water partition coefficient (Wildman–Crippen LogP) is 0.777. The van der Waals surface area contributed by atoms with Crippen molar-refractivity contribution in [2.24, 2.45) is 5.92 Å². The minimum absolute atomic E-state index is 0.0275. The highest BCUT2D eigenvalue weighted by molar-refractivity contribution is 6.07. The average Bonchev–Trinajstić information content (AvgIpc) is 2.48. The fourth-order valence-electron chi connectivity index (χ4n) is 2.49. The topological polar surface area (TPSA) is 100 Å². The van der Waals surface area contributed by atoms with Gasteiger partial charge in [0.25, 0.3) is 0 Å². The second-order valence-corrected chi connectivity index (χ2v) is 6.12. The Balaban J connectivity index is 3.06. The highest BCUT2D eigenvalue weighted by atomic mass is 16.7. The Morgan fingerprint density at radius 1 is 1.08 bits per heavy atom. The van der Waals surface area contributed by atoms with E-state index in [-0.39, 0.29) is 38.8 Å². The quantitative estimate of drug-likeness (QED) is 0.537. The van der Waals surface area contributed by atoms with Gasteiger partial charge in [-0.3, -0.25) is 4.79 Å². The molecule has 1 aliphatic heterocycles. The SMILES string of the molecule is CCOC(=O)C(CC1COC(C)(C)OC1)(NC(C)=O)C(=O)OCC. The van der Waals surface area contributed by atoms with Crippen LogP contribution in [0.2, 0.25) is 0 Å². The molecule has 138 valence electrons. The summed E-state index contributed by atoms with van der Waals surface area (Å²) in [6, 6.07) is 0. The Kier molecular flexibility index (Phi) is 7.16. The second-order valence-electron chi connectivity index (χ2n) is 6.12. The van der Waals surface area contributed by atoms with Crippen molar-refractivity contribution in [2.45, 2.75) is 52.4 Å². The zero-order chi connectivity index (χ0) is 18.4. The van der Waals surface area contributed by atoms with Gasteiger partial charge in [-0.2, -0.15) is 0 Å². The number of carbonyl (C=O) groups excluding carboxylic acids is 3. The molecule has 0 atom stereocenters. The first-order valence-corrected chi connectivity index (χ1v) is 8.08. The van der Waals surface area contributed by atoms with Gasteiger partial charge in [-0.15, -0.1) is 0 Å². The largest absolute Gasteiger partial charge is 0.464 e. The predicted molar refractivity (Wildman–Crippen MR) is 83.9 cm³/mol. The smallest absolute Gasteiger partial charge is 0.343 e. The van der Waals surface area contributed by atoms with Crippen LogP contribution in [0.3, 0.4) is 0 Å². The van der Waals surface area contributed by atoms with Crippen molar-refractivity contribution in [3.05, 3.63) is 0 Å². The van der Waals surface area contributed by atoms with Gasteiger partial charge in [-0.05, 0) is 34.1 Å². The van der Waals surface area contributed by atoms with Crippen LogP contribution in [0, 0.1) is 5.92 Å². The Morgan fingerprint density at radius 2 is 1.54 bits per heavy atom. The Morgan fingerprint density at radius 3 is 1.92 bits per heavy atom. The Bertz CT molecular complexity index is 447. The summed E-state index contributed by atoms with van der Waals surface area (Å²) in [5, 5.41) is 2.43. The molecule has 8 heteroatoms. The van der Waals surface area contributed by atoms with Crippen LogP contribution < -0.4 is 5.32 Å². The van der Waals surface area contributed by atoms with Crippen LogP contribution in [-0.2, 0) is 33.3 Å². The maximum absolute atomic E-state index is 12.5. The second kappa shape index (κ2) is 8.43. The number of carbonyl (C=O) groups is 3. The van der Waals surface area contributed by atoms with E-state index in [9.17, 15) is 14.4 Å². The zero-order valence-corrected chi connectivity index (χ0v) is 15.0. The number of amides is 1. The number of rotatable bonds is 7. The third-order valence-electron chi connectivity index (χ3n) is 3.57. The van der Waals surface area contributed by atoms with Gasteiger partial charge in [0, 0.05) is 12.8 Å². The standard InChI is InChI=1S/C16H27NO7/c1-6-21-13(19)16(17-11(3)18,14(20)22-7-2)8-12-9-23-15(4,5)24-10-12/h12H,6-10H2,1-5H3,(H,17,18). The molecule has 1 fully saturated rings. The molecule has 1 saturated heterocycles. The highest BCUT2D eigenvalue weighted by Crippen LogP contribution is 2.28. The highest BCUT2D eigenvalue weighted by Gasteiger charge is 2.52. The van der Waals surface area contributed by atoms with Crippen molar-refractivity contribution < 1.29 is 33.3 Å². The van der Waals surface area contributed by atoms with Crippen LogP contribution in [0.5, 0.6) is 0 Å². The monoisotopic (exact) mass is 345 g/mol.